The standard InChI is InChI=1S/C25H36N4O7/c1-4-12-36-22(33)14-21(32)29-23(16(2)3)20(31)13-18(6-5-11-27-25(26)35)24(34)28-19-9-7-17(15-30)8-10-19/h4,7-10,16,18,23,30H,1,5-6,11-15H2,2-3H3,(H,28,34)(H,29,32)(H3,26,27,35)/t18-,23+/m1/s1. The molecule has 4 amide bonds. The molecule has 198 valence electrons. The lowest BCUT2D eigenvalue weighted by molar-refractivity contribution is -0.146. The Balaban J connectivity index is 2.89. The van der Waals surface area contributed by atoms with Crippen molar-refractivity contribution in [2.75, 3.05) is 18.5 Å². The average Bonchev–Trinajstić information content (AvgIpc) is 2.82. The van der Waals surface area contributed by atoms with E-state index in [1.165, 1.54) is 6.08 Å². The molecule has 0 heterocycles. The predicted molar refractivity (Wildman–Crippen MR) is 133 cm³/mol. The molecular weight excluding hydrogens is 468 g/mol. The van der Waals surface area contributed by atoms with E-state index in [2.05, 4.69) is 22.5 Å². The second-order valence-corrected chi connectivity index (χ2v) is 8.58. The number of esters is 1. The van der Waals surface area contributed by atoms with Crippen LogP contribution in [0.15, 0.2) is 36.9 Å². The third-order valence-corrected chi connectivity index (χ3v) is 5.25. The molecule has 0 aliphatic carbocycles. The number of hydrogen-bond acceptors (Lipinski definition) is 7. The second kappa shape index (κ2) is 16.0. The molecule has 0 aromatic heterocycles. The van der Waals surface area contributed by atoms with Gasteiger partial charge in [-0.2, -0.15) is 0 Å². The van der Waals surface area contributed by atoms with Gasteiger partial charge >= 0.3 is 12.0 Å². The summed E-state index contributed by atoms with van der Waals surface area (Å²) < 4.78 is 4.79. The van der Waals surface area contributed by atoms with Crippen LogP contribution in [0.2, 0.25) is 0 Å². The van der Waals surface area contributed by atoms with Crippen molar-refractivity contribution in [1.29, 1.82) is 0 Å². The van der Waals surface area contributed by atoms with Gasteiger partial charge in [0.25, 0.3) is 0 Å². The molecule has 0 aliphatic heterocycles. The molecule has 0 unspecified atom stereocenters. The van der Waals surface area contributed by atoms with Gasteiger partial charge in [0.05, 0.1) is 12.6 Å². The molecule has 1 aromatic carbocycles. The Labute approximate surface area is 210 Å². The molecule has 2 atom stereocenters. The number of ether oxygens (including phenoxy) is 1. The van der Waals surface area contributed by atoms with Crippen LogP contribution in [0.5, 0.6) is 0 Å². The zero-order valence-corrected chi connectivity index (χ0v) is 20.7. The van der Waals surface area contributed by atoms with Crippen LogP contribution in [0.1, 0.15) is 45.1 Å². The smallest absolute Gasteiger partial charge is 0.315 e. The number of urea groups is 1. The average molecular weight is 505 g/mol. The molecule has 0 fully saturated rings. The van der Waals surface area contributed by atoms with Crippen LogP contribution in [-0.4, -0.2) is 53.9 Å². The van der Waals surface area contributed by atoms with Gasteiger partial charge in [0.15, 0.2) is 5.78 Å². The summed E-state index contributed by atoms with van der Waals surface area (Å²) in [6.45, 7) is 6.99. The maximum Gasteiger partial charge on any atom is 0.315 e. The first-order valence-electron chi connectivity index (χ1n) is 11.7. The number of Topliss-reactive ketones (excluding diaryl/α,β-unsaturated/α-hetero) is 1. The summed E-state index contributed by atoms with van der Waals surface area (Å²) in [5.74, 6) is -3.21. The normalized spacial score (nSPS) is 12.2. The largest absolute Gasteiger partial charge is 0.461 e. The summed E-state index contributed by atoms with van der Waals surface area (Å²) in [7, 11) is 0. The number of amides is 4. The van der Waals surface area contributed by atoms with Crippen LogP contribution in [0.3, 0.4) is 0 Å². The number of benzene rings is 1. The van der Waals surface area contributed by atoms with E-state index < -0.39 is 42.2 Å². The van der Waals surface area contributed by atoms with Crippen molar-refractivity contribution in [2.24, 2.45) is 17.6 Å². The summed E-state index contributed by atoms with van der Waals surface area (Å²) in [6, 6.07) is 5.00. The lowest BCUT2D eigenvalue weighted by atomic mass is 9.89. The number of aliphatic hydroxyl groups is 1. The van der Waals surface area contributed by atoms with Gasteiger partial charge in [0.2, 0.25) is 11.8 Å². The number of primary amides is 1. The monoisotopic (exact) mass is 504 g/mol. The minimum atomic E-state index is -0.910. The Hall–Kier alpha value is -3.73. The number of anilines is 1. The van der Waals surface area contributed by atoms with Crippen LogP contribution in [0.25, 0.3) is 0 Å². The molecule has 0 bridgehead atoms. The SMILES string of the molecule is C=CCOC(=O)CC(=O)N[C@H](C(=O)C[C@@H](CCCNC(N)=O)C(=O)Nc1ccc(CO)cc1)C(C)C. The molecule has 11 nitrogen and oxygen atoms in total. The van der Waals surface area contributed by atoms with Crippen molar-refractivity contribution in [3.05, 3.63) is 42.5 Å². The van der Waals surface area contributed by atoms with Gasteiger partial charge < -0.3 is 31.5 Å². The van der Waals surface area contributed by atoms with Gasteiger partial charge in [-0.25, -0.2) is 4.79 Å². The van der Waals surface area contributed by atoms with E-state index >= 15 is 0 Å². The Morgan fingerprint density at radius 2 is 1.81 bits per heavy atom. The molecule has 6 N–H and O–H groups in total. The maximum absolute atomic E-state index is 13.1. The first-order valence-corrected chi connectivity index (χ1v) is 11.7. The Morgan fingerprint density at radius 1 is 1.14 bits per heavy atom. The molecule has 36 heavy (non-hydrogen) atoms. The summed E-state index contributed by atoms with van der Waals surface area (Å²) in [6.07, 6.45) is 1.34. The fraction of sp³-hybridized carbons (Fsp3) is 0.480. The van der Waals surface area contributed by atoms with Crippen LogP contribution in [0.4, 0.5) is 10.5 Å². The Bertz CT molecular complexity index is 915. The van der Waals surface area contributed by atoms with Crippen molar-refractivity contribution in [3.63, 3.8) is 0 Å². The highest BCUT2D eigenvalue weighted by molar-refractivity contribution is 5.99. The third-order valence-electron chi connectivity index (χ3n) is 5.25. The number of aliphatic hydroxyl groups excluding tert-OH is 1. The highest BCUT2D eigenvalue weighted by Crippen LogP contribution is 2.19. The number of hydrogen-bond donors (Lipinski definition) is 5. The van der Waals surface area contributed by atoms with E-state index in [4.69, 9.17) is 10.5 Å². The molecule has 11 heteroatoms. The predicted octanol–water partition coefficient (Wildman–Crippen LogP) is 1.40. The van der Waals surface area contributed by atoms with Gasteiger partial charge in [-0.1, -0.05) is 38.6 Å². The van der Waals surface area contributed by atoms with Crippen molar-refractivity contribution in [1.82, 2.24) is 10.6 Å². The Kier molecular flexibility index (Phi) is 13.5. The van der Waals surface area contributed by atoms with Crippen molar-refractivity contribution < 1.29 is 33.8 Å². The fourth-order valence-corrected chi connectivity index (χ4v) is 3.37. The summed E-state index contributed by atoms with van der Waals surface area (Å²) in [5.41, 5.74) is 6.26. The second-order valence-electron chi connectivity index (χ2n) is 8.58. The van der Waals surface area contributed by atoms with Crippen molar-refractivity contribution in [3.8, 4) is 0 Å². The molecule has 0 saturated carbocycles. The summed E-state index contributed by atoms with van der Waals surface area (Å²) in [4.78, 5) is 61.0. The minimum Gasteiger partial charge on any atom is -0.461 e. The first-order chi connectivity index (χ1) is 17.1. The van der Waals surface area contributed by atoms with Crippen LogP contribution in [0, 0.1) is 11.8 Å². The summed E-state index contributed by atoms with van der Waals surface area (Å²) >= 11 is 0. The lowest BCUT2D eigenvalue weighted by Gasteiger charge is -2.24. The zero-order chi connectivity index (χ0) is 27.1. The van der Waals surface area contributed by atoms with Gasteiger partial charge in [-0.15, -0.1) is 0 Å². The zero-order valence-electron chi connectivity index (χ0n) is 20.7. The van der Waals surface area contributed by atoms with Gasteiger partial charge in [0.1, 0.15) is 13.0 Å². The third kappa shape index (κ3) is 11.6. The molecule has 0 radical (unpaired) electrons. The quantitative estimate of drug-likeness (QED) is 0.0977. The molecule has 0 aliphatic rings. The fourth-order valence-electron chi connectivity index (χ4n) is 3.37. The topological polar surface area (TPSA) is 177 Å². The van der Waals surface area contributed by atoms with Crippen LogP contribution >= 0.6 is 0 Å². The number of nitrogens with one attached hydrogen (secondary N) is 3. The molecule has 1 aromatic rings. The number of nitrogens with two attached hydrogens (primary N) is 1. The number of carbonyl (C=O) groups excluding carboxylic acids is 5. The maximum atomic E-state index is 13.1. The minimum absolute atomic E-state index is 0.0250. The molecular formula is C25H36N4O7. The van der Waals surface area contributed by atoms with Gasteiger partial charge in [-0.05, 0) is 36.5 Å². The van der Waals surface area contributed by atoms with Crippen molar-refractivity contribution >= 4 is 35.3 Å². The molecule has 0 spiro atoms. The van der Waals surface area contributed by atoms with E-state index in [0.717, 1.165) is 0 Å². The van der Waals surface area contributed by atoms with Crippen molar-refractivity contribution in [2.45, 2.75) is 52.2 Å². The number of carbonyl (C=O) groups is 5. The van der Waals surface area contributed by atoms with Crippen LogP contribution in [-0.2, 0) is 30.5 Å². The van der Waals surface area contributed by atoms with E-state index in [1.54, 1.807) is 38.1 Å². The van der Waals surface area contributed by atoms with E-state index in [1.807, 2.05) is 0 Å². The summed E-state index contributed by atoms with van der Waals surface area (Å²) in [5, 5.41) is 17.0. The lowest BCUT2D eigenvalue weighted by Crippen LogP contribution is -2.46. The van der Waals surface area contributed by atoms with Crippen LogP contribution < -0.4 is 21.7 Å². The Morgan fingerprint density at radius 3 is 2.36 bits per heavy atom. The number of ketones is 1. The highest BCUT2D eigenvalue weighted by Gasteiger charge is 2.30. The van der Waals surface area contributed by atoms with E-state index in [0.29, 0.717) is 17.7 Å². The van der Waals surface area contributed by atoms with Gasteiger partial charge in [-0.3, -0.25) is 19.2 Å². The number of rotatable bonds is 16. The van der Waals surface area contributed by atoms with E-state index in [-0.39, 0.29) is 44.3 Å². The first kappa shape index (κ1) is 30.3. The van der Waals surface area contributed by atoms with Gasteiger partial charge in [0, 0.05) is 24.6 Å². The molecule has 1 rings (SSSR count). The highest BCUT2D eigenvalue weighted by atomic mass is 16.5. The van der Waals surface area contributed by atoms with E-state index in [9.17, 15) is 29.1 Å². The molecule has 0 saturated heterocycles.